The minimum Gasteiger partial charge on any atom is -0.293 e. The summed E-state index contributed by atoms with van der Waals surface area (Å²) in [6, 6.07) is 7.73. The smallest absolute Gasteiger partial charge is 0.181 e. The number of anilines is 1. The van der Waals surface area contributed by atoms with Gasteiger partial charge >= 0.3 is 0 Å². The van der Waals surface area contributed by atoms with Crippen molar-refractivity contribution in [1.82, 2.24) is 0 Å². The molecule has 0 aliphatic carbocycles. The third-order valence-corrected chi connectivity index (χ3v) is 2.00. The number of rotatable bonds is 2. The second-order valence-corrected chi connectivity index (χ2v) is 2.85. The monoisotopic (exact) mass is 164 g/mol. The fourth-order valence-corrected chi connectivity index (χ4v) is 1.22. The van der Waals surface area contributed by atoms with E-state index in [1.165, 1.54) is 0 Å². The lowest BCUT2D eigenvalue weighted by molar-refractivity contribution is 1.42. The van der Waals surface area contributed by atoms with Gasteiger partial charge in [0.15, 0.2) is 6.19 Å². The summed E-state index contributed by atoms with van der Waals surface area (Å²) in [5.41, 5.74) is 0.847. The Morgan fingerprint density at radius 3 is 3.00 bits per heavy atom. The lowest BCUT2D eigenvalue weighted by Crippen LogP contribution is -1.85. The van der Waals surface area contributed by atoms with Crippen LogP contribution in [0.1, 0.15) is 0 Å². The van der Waals surface area contributed by atoms with Crippen molar-refractivity contribution in [3.63, 3.8) is 0 Å². The molecule has 0 fully saturated rings. The quantitative estimate of drug-likeness (QED) is 0.414. The molecule has 0 saturated carbocycles. The molecule has 0 saturated heterocycles. The average Bonchev–Trinajstić information content (AvgIpc) is 2.06. The zero-order valence-electron chi connectivity index (χ0n) is 6.16. The van der Waals surface area contributed by atoms with Gasteiger partial charge in [0.05, 0.1) is 0 Å². The van der Waals surface area contributed by atoms with Crippen LogP contribution in [-0.2, 0) is 0 Å². The highest BCUT2D eigenvalue weighted by Gasteiger charge is 1.91. The number of hydrogen-bond donors (Lipinski definition) is 1. The minimum atomic E-state index is 0.847. The number of thioether (sulfide) groups is 1. The van der Waals surface area contributed by atoms with Crippen molar-refractivity contribution in [2.75, 3.05) is 11.6 Å². The first-order valence-corrected chi connectivity index (χ1v) is 4.38. The van der Waals surface area contributed by atoms with Gasteiger partial charge in [-0.25, -0.2) is 0 Å². The molecule has 0 unspecified atom stereocenters. The van der Waals surface area contributed by atoms with Gasteiger partial charge in [0, 0.05) is 10.6 Å². The number of benzene rings is 1. The molecular formula is C8H8N2S. The lowest BCUT2D eigenvalue weighted by atomic mass is 10.3. The van der Waals surface area contributed by atoms with Crippen LogP contribution < -0.4 is 5.32 Å². The molecule has 0 bridgehead atoms. The molecule has 0 spiro atoms. The molecule has 0 amide bonds. The van der Waals surface area contributed by atoms with Crippen molar-refractivity contribution in [3.05, 3.63) is 24.3 Å². The van der Waals surface area contributed by atoms with Crippen molar-refractivity contribution in [3.8, 4) is 6.19 Å². The number of nitriles is 1. The van der Waals surface area contributed by atoms with Crippen LogP contribution >= 0.6 is 11.8 Å². The molecule has 1 N–H and O–H groups in total. The summed E-state index contributed by atoms with van der Waals surface area (Å²) in [4.78, 5) is 1.16. The van der Waals surface area contributed by atoms with E-state index >= 15 is 0 Å². The molecule has 0 radical (unpaired) electrons. The van der Waals surface area contributed by atoms with E-state index in [2.05, 4.69) is 5.32 Å². The Labute approximate surface area is 70.2 Å². The molecule has 56 valence electrons. The average molecular weight is 164 g/mol. The maximum Gasteiger partial charge on any atom is 0.181 e. The molecule has 1 rings (SSSR count). The van der Waals surface area contributed by atoms with E-state index in [1.807, 2.05) is 36.7 Å². The van der Waals surface area contributed by atoms with Crippen LogP contribution in [0.25, 0.3) is 0 Å². The summed E-state index contributed by atoms with van der Waals surface area (Å²) in [6.07, 6.45) is 3.88. The van der Waals surface area contributed by atoms with E-state index in [0.717, 1.165) is 10.6 Å². The molecule has 2 nitrogen and oxygen atoms in total. The maximum atomic E-state index is 8.32. The minimum absolute atomic E-state index is 0.847. The second kappa shape index (κ2) is 3.89. The standard InChI is InChI=1S/C8H8N2S/c1-11-8-4-2-3-7(5-8)10-6-9/h2-5,10H,1H3. The van der Waals surface area contributed by atoms with Crippen LogP contribution in [0, 0.1) is 11.5 Å². The fourth-order valence-electron chi connectivity index (χ4n) is 0.765. The summed E-state index contributed by atoms with van der Waals surface area (Å²) in [5.74, 6) is 0. The zero-order chi connectivity index (χ0) is 8.10. The summed E-state index contributed by atoms with van der Waals surface area (Å²) in [7, 11) is 0. The van der Waals surface area contributed by atoms with Crippen molar-refractivity contribution in [2.24, 2.45) is 0 Å². The Kier molecular flexibility index (Phi) is 2.82. The van der Waals surface area contributed by atoms with E-state index in [4.69, 9.17) is 5.26 Å². The highest BCUT2D eigenvalue weighted by molar-refractivity contribution is 7.98. The topological polar surface area (TPSA) is 35.8 Å². The predicted molar refractivity (Wildman–Crippen MR) is 47.5 cm³/mol. The Morgan fingerprint density at radius 2 is 2.36 bits per heavy atom. The van der Waals surface area contributed by atoms with Gasteiger partial charge in [0.1, 0.15) is 0 Å². The van der Waals surface area contributed by atoms with E-state index in [-0.39, 0.29) is 0 Å². The fraction of sp³-hybridized carbons (Fsp3) is 0.125. The van der Waals surface area contributed by atoms with Crippen LogP contribution in [0.4, 0.5) is 5.69 Å². The van der Waals surface area contributed by atoms with Gasteiger partial charge in [0.2, 0.25) is 0 Å². The van der Waals surface area contributed by atoms with E-state index in [9.17, 15) is 0 Å². The highest BCUT2D eigenvalue weighted by atomic mass is 32.2. The first-order chi connectivity index (χ1) is 5.36. The molecule has 0 heterocycles. The van der Waals surface area contributed by atoms with Gasteiger partial charge in [0.25, 0.3) is 0 Å². The van der Waals surface area contributed by atoms with E-state index < -0.39 is 0 Å². The molecule has 1 aromatic rings. The Balaban J connectivity index is 2.84. The third kappa shape index (κ3) is 2.17. The summed E-state index contributed by atoms with van der Waals surface area (Å²) >= 11 is 1.66. The van der Waals surface area contributed by atoms with Gasteiger partial charge in [-0.2, -0.15) is 5.26 Å². The van der Waals surface area contributed by atoms with Crippen LogP contribution in [0.5, 0.6) is 0 Å². The van der Waals surface area contributed by atoms with Crippen molar-refractivity contribution in [2.45, 2.75) is 4.90 Å². The number of nitrogens with zero attached hydrogens (tertiary/aromatic N) is 1. The Morgan fingerprint density at radius 1 is 1.55 bits per heavy atom. The number of hydrogen-bond acceptors (Lipinski definition) is 3. The van der Waals surface area contributed by atoms with Crippen LogP contribution in [0.15, 0.2) is 29.2 Å². The van der Waals surface area contributed by atoms with Gasteiger partial charge in [-0.15, -0.1) is 11.8 Å². The number of nitrogens with one attached hydrogen (secondary N) is 1. The summed E-state index contributed by atoms with van der Waals surface area (Å²) in [6.45, 7) is 0. The van der Waals surface area contributed by atoms with Gasteiger partial charge < -0.3 is 0 Å². The zero-order valence-corrected chi connectivity index (χ0v) is 6.98. The highest BCUT2D eigenvalue weighted by Crippen LogP contribution is 2.18. The Hall–Kier alpha value is -1.14. The normalized spacial score (nSPS) is 8.73. The van der Waals surface area contributed by atoms with Crippen molar-refractivity contribution < 1.29 is 0 Å². The SMILES string of the molecule is CSc1cccc(NC#N)c1. The molecule has 0 aromatic heterocycles. The second-order valence-electron chi connectivity index (χ2n) is 1.97. The molecule has 1 aromatic carbocycles. The summed E-state index contributed by atoms with van der Waals surface area (Å²) in [5, 5.41) is 10.9. The van der Waals surface area contributed by atoms with Gasteiger partial charge in [-0.05, 0) is 24.5 Å². The maximum absolute atomic E-state index is 8.32. The predicted octanol–water partition coefficient (Wildman–Crippen LogP) is 2.30. The van der Waals surface area contributed by atoms with Crippen molar-refractivity contribution >= 4 is 17.4 Å². The Bertz CT molecular complexity index is 278. The van der Waals surface area contributed by atoms with Crippen LogP contribution in [0.3, 0.4) is 0 Å². The third-order valence-electron chi connectivity index (χ3n) is 1.27. The van der Waals surface area contributed by atoms with Crippen molar-refractivity contribution in [1.29, 1.82) is 5.26 Å². The first kappa shape index (κ1) is 7.96. The molecular weight excluding hydrogens is 156 g/mol. The molecule has 3 heteroatoms. The van der Waals surface area contributed by atoms with Crippen LogP contribution in [0.2, 0.25) is 0 Å². The van der Waals surface area contributed by atoms with E-state index in [1.54, 1.807) is 11.8 Å². The first-order valence-electron chi connectivity index (χ1n) is 3.16. The van der Waals surface area contributed by atoms with E-state index in [0.29, 0.717) is 0 Å². The molecule has 0 atom stereocenters. The molecule has 0 aliphatic rings. The molecule has 0 aliphatic heterocycles. The van der Waals surface area contributed by atoms with Gasteiger partial charge in [-0.1, -0.05) is 6.07 Å². The summed E-state index contributed by atoms with van der Waals surface area (Å²) < 4.78 is 0. The van der Waals surface area contributed by atoms with Gasteiger partial charge in [-0.3, -0.25) is 5.32 Å². The van der Waals surface area contributed by atoms with Crippen LogP contribution in [-0.4, -0.2) is 6.26 Å². The largest absolute Gasteiger partial charge is 0.293 e. The molecule has 11 heavy (non-hydrogen) atoms. The lowest BCUT2D eigenvalue weighted by Gasteiger charge is -1.98.